The van der Waals surface area contributed by atoms with Crippen molar-refractivity contribution in [1.82, 2.24) is 20.1 Å². The van der Waals surface area contributed by atoms with Gasteiger partial charge in [0, 0.05) is 30.3 Å². The van der Waals surface area contributed by atoms with E-state index in [1.807, 2.05) is 11.3 Å². The Bertz CT molecular complexity index is 518. The molecule has 1 aliphatic heterocycles. The SMILES string of the molecule is CCc1nc2n(n1)C[C@H](NCCc1cccs1)CC2. The third-order valence-electron chi connectivity index (χ3n) is 3.60. The van der Waals surface area contributed by atoms with Crippen LogP contribution in [-0.4, -0.2) is 27.4 Å². The number of hydrogen-bond acceptors (Lipinski definition) is 4. The second-order valence-electron chi connectivity index (χ2n) is 5.00. The van der Waals surface area contributed by atoms with Crippen molar-refractivity contribution >= 4 is 11.3 Å². The summed E-state index contributed by atoms with van der Waals surface area (Å²) in [6.45, 7) is 4.13. The lowest BCUT2D eigenvalue weighted by atomic mass is 10.1. The summed E-state index contributed by atoms with van der Waals surface area (Å²) in [4.78, 5) is 6.01. The molecular formula is C14H20N4S. The number of nitrogens with one attached hydrogen (secondary N) is 1. The van der Waals surface area contributed by atoms with E-state index >= 15 is 0 Å². The average Bonchev–Trinajstić information content (AvgIpc) is 3.06. The topological polar surface area (TPSA) is 42.7 Å². The smallest absolute Gasteiger partial charge is 0.150 e. The third-order valence-corrected chi connectivity index (χ3v) is 4.54. The predicted molar refractivity (Wildman–Crippen MR) is 77.5 cm³/mol. The van der Waals surface area contributed by atoms with Crippen molar-refractivity contribution in [3.8, 4) is 0 Å². The van der Waals surface area contributed by atoms with Gasteiger partial charge in [0.05, 0.1) is 6.54 Å². The molecule has 3 heterocycles. The Labute approximate surface area is 117 Å². The molecule has 0 aromatic carbocycles. The Balaban J connectivity index is 1.51. The van der Waals surface area contributed by atoms with E-state index in [0.717, 1.165) is 44.0 Å². The summed E-state index contributed by atoms with van der Waals surface area (Å²) < 4.78 is 2.09. The van der Waals surface area contributed by atoms with Crippen LogP contribution in [0.2, 0.25) is 0 Å². The van der Waals surface area contributed by atoms with Crippen molar-refractivity contribution in [2.24, 2.45) is 0 Å². The highest BCUT2D eigenvalue weighted by atomic mass is 32.1. The van der Waals surface area contributed by atoms with E-state index in [0.29, 0.717) is 6.04 Å². The molecule has 1 aliphatic rings. The zero-order valence-corrected chi connectivity index (χ0v) is 12.1. The van der Waals surface area contributed by atoms with Gasteiger partial charge in [-0.15, -0.1) is 11.3 Å². The normalized spacial score (nSPS) is 18.5. The quantitative estimate of drug-likeness (QED) is 0.909. The molecule has 102 valence electrons. The number of aryl methyl sites for hydroxylation is 2. The minimum atomic E-state index is 0.541. The van der Waals surface area contributed by atoms with E-state index < -0.39 is 0 Å². The first-order chi connectivity index (χ1) is 9.35. The second kappa shape index (κ2) is 5.84. The van der Waals surface area contributed by atoms with Gasteiger partial charge in [0.2, 0.25) is 0 Å². The molecule has 0 amide bonds. The highest BCUT2D eigenvalue weighted by Crippen LogP contribution is 2.14. The average molecular weight is 276 g/mol. The minimum absolute atomic E-state index is 0.541. The lowest BCUT2D eigenvalue weighted by molar-refractivity contribution is 0.361. The van der Waals surface area contributed by atoms with E-state index in [-0.39, 0.29) is 0 Å². The molecule has 1 atom stereocenters. The standard InChI is InChI=1S/C14H20N4S/c1-2-13-16-14-6-5-11(10-18(14)17-13)15-8-7-12-4-3-9-19-12/h3-4,9,11,15H,2,5-8,10H2,1H3/t11-/m1/s1. The maximum atomic E-state index is 4.55. The first-order valence-corrected chi connectivity index (χ1v) is 7.91. The van der Waals surface area contributed by atoms with Crippen molar-refractivity contribution in [2.75, 3.05) is 6.54 Å². The molecule has 19 heavy (non-hydrogen) atoms. The molecule has 3 rings (SSSR count). The maximum Gasteiger partial charge on any atom is 0.150 e. The molecule has 0 saturated heterocycles. The van der Waals surface area contributed by atoms with E-state index in [1.54, 1.807) is 0 Å². The zero-order valence-electron chi connectivity index (χ0n) is 11.3. The number of fused-ring (bicyclic) bond motifs is 1. The highest BCUT2D eigenvalue weighted by Gasteiger charge is 2.20. The van der Waals surface area contributed by atoms with Crippen LogP contribution >= 0.6 is 11.3 Å². The van der Waals surface area contributed by atoms with Crippen LogP contribution in [0.25, 0.3) is 0 Å². The predicted octanol–water partition coefficient (Wildman–Crippen LogP) is 2.05. The van der Waals surface area contributed by atoms with E-state index in [2.05, 4.69) is 44.5 Å². The molecule has 1 N–H and O–H groups in total. The Morgan fingerprint density at radius 2 is 2.47 bits per heavy atom. The highest BCUT2D eigenvalue weighted by molar-refractivity contribution is 7.09. The molecule has 0 radical (unpaired) electrons. The Morgan fingerprint density at radius 1 is 1.53 bits per heavy atom. The minimum Gasteiger partial charge on any atom is -0.312 e. The van der Waals surface area contributed by atoms with Crippen LogP contribution in [0, 0.1) is 0 Å². The first-order valence-electron chi connectivity index (χ1n) is 7.03. The largest absolute Gasteiger partial charge is 0.312 e. The summed E-state index contributed by atoms with van der Waals surface area (Å²) >= 11 is 1.84. The fourth-order valence-electron chi connectivity index (χ4n) is 2.53. The monoisotopic (exact) mass is 276 g/mol. The van der Waals surface area contributed by atoms with Gasteiger partial charge in [-0.1, -0.05) is 13.0 Å². The van der Waals surface area contributed by atoms with Crippen LogP contribution in [0.15, 0.2) is 17.5 Å². The number of thiophene rings is 1. The van der Waals surface area contributed by atoms with Gasteiger partial charge in [-0.05, 0) is 24.3 Å². The lowest BCUT2D eigenvalue weighted by Gasteiger charge is -2.23. The van der Waals surface area contributed by atoms with Crippen molar-refractivity contribution in [2.45, 2.75) is 45.2 Å². The maximum absolute atomic E-state index is 4.55. The van der Waals surface area contributed by atoms with Gasteiger partial charge in [-0.3, -0.25) is 0 Å². The van der Waals surface area contributed by atoms with E-state index in [1.165, 1.54) is 11.3 Å². The van der Waals surface area contributed by atoms with Crippen molar-refractivity contribution in [3.05, 3.63) is 34.0 Å². The molecule has 0 aliphatic carbocycles. The van der Waals surface area contributed by atoms with Gasteiger partial charge in [0.1, 0.15) is 5.82 Å². The Kier molecular flexibility index (Phi) is 3.94. The fourth-order valence-corrected chi connectivity index (χ4v) is 3.24. The van der Waals surface area contributed by atoms with Crippen molar-refractivity contribution in [1.29, 1.82) is 0 Å². The van der Waals surface area contributed by atoms with Crippen LogP contribution in [0.3, 0.4) is 0 Å². The van der Waals surface area contributed by atoms with Crippen LogP contribution < -0.4 is 5.32 Å². The van der Waals surface area contributed by atoms with E-state index in [9.17, 15) is 0 Å². The zero-order chi connectivity index (χ0) is 13.1. The molecular weight excluding hydrogens is 256 g/mol. The summed E-state index contributed by atoms with van der Waals surface area (Å²) in [5.41, 5.74) is 0. The van der Waals surface area contributed by atoms with Gasteiger partial charge < -0.3 is 5.32 Å². The molecule has 4 nitrogen and oxygen atoms in total. The molecule has 5 heteroatoms. The lowest BCUT2D eigenvalue weighted by Crippen LogP contribution is -2.38. The Morgan fingerprint density at radius 3 is 3.26 bits per heavy atom. The molecule has 0 fully saturated rings. The molecule has 2 aromatic heterocycles. The summed E-state index contributed by atoms with van der Waals surface area (Å²) in [6, 6.07) is 4.86. The molecule has 0 saturated carbocycles. The molecule has 0 unspecified atom stereocenters. The summed E-state index contributed by atoms with van der Waals surface area (Å²) in [5.74, 6) is 2.14. The van der Waals surface area contributed by atoms with Crippen LogP contribution in [0.1, 0.15) is 29.9 Å². The van der Waals surface area contributed by atoms with Gasteiger partial charge in [-0.25, -0.2) is 9.67 Å². The second-order valence-corrected chi connectivity index (χ2v) is 6.03. The summed E-state index contributed by atoms with van der Waals surface area (Å²) in [6.07, 6.45) is 4.27. The first kappa shape index (κ1) is 12.8. The molecule has 0 spiro atoms. The molecule has 0 bridgehead atoms. The van der Waals surface area contributed by atoms with Gasteiger partial charge in [0.15, 0.2) is 5.82 Å². The number of nitrogens with zero attached hydrogens (tertiary/aromatic N) is 3. The van der Waals surface area contributed by atoms with Crippen LogP contribution in [-0.2, 0) is 25.8 Å². The van der Waals surface area contributed by atoms with Gasteiger partial charge >= 0.3 is 0 Å². The summed E-state index contributed by atoms with van der Waals surface area (Å²) in [5, 5.41) is 10.3. The number of aromatic nitrogens is 3. The van der Waals surface area contributed by atoms with Crippen LogP contribution in [0.5, 0.6) is 0 Å². The Hall–Kier alpha value is -1.20. The fraction of sp³-hybridized carbons (Fsp3) is 0.571. The van der Waals surface area contributed by atoms with Crippen LogP contribution in [0.4, 0.5) is 0 Å². The van der Waals surface area contributed by atoms with Crippen molar-refractivity contribution in [3.63, 3.8) is 0 Å². The number of hydrogen-bond donors (Lipinski definition) is 1. The van der Waals surface area contributed by atoms with Gasteiger partial charge in [0.25, 0.3) is 0 Å². The summed E-state index contributed by atoms with van der Waals surface area (Å²) in [7, 11) is 0. The third kappa shape index (κ3) is 3.04. The van der Waals surface area contributed by atoms with Gasteiger partial charge in [-0.2, -0.15) is 5.10 Å². The van der Waals surface area contributed by atoms with E-state index in [4.69, 9.17) is 0 Å². The molecule has 2 aromatic rings. The number of rotatable bonds is 5. The van der Waals surface area contributed by atoms with Crippen molar-refractivity contribution < 1.29 is 0 Å².